The van der Waals surface area contributed by atoms with Crippen LogP contribution in [0.5, 0.6) is 5.75 Å². The van der Waals surface area contributed by atoms with Crippen LogP contribution in [0.3, 0.4) is 0 Å². The maximum Gasteiger partial charge on any atom is 0.335 e. The van der Waals surface area contributed by atoms with E-state index in [9.17, 15) is 9.59 Å². The number of aromatic nitrogens is 1. The van der Waals surface area contributed by atoms with Crippen molar-refractivity contribution in [3.63, 3.8) is 0 Å². The van der Waals surface area contributed by atoms with Gasteiger partial charge in [-0.05, 0) is 90.4 Å². The number of ether oxygens (including phenoxy) is 1. The van der Waals surface area contributed by atoms with E-state index in [1.54, 1.807) is 36.3 Å². The third kappa shape index (κ3) is 4.86. The van der Waals surface area contributed by atoms with E-state index in [1.807, 2.05) is 18.2 Å². The molecule has 4 aromatic rings. The third-order valence-electron chi connectivity index (χ3n) is 7.38. The SMILES string of the molecule is COc1ccc(/C=C2\SC(=S)N(CCc3ccc(C(=O)O)cc3)C2=O)cc1-c1ccc2[nH]c3c(c2c1)CCC3. The van der Waals surface area contributed by atoms with Crippen LogP contribution in [0, 0.1) is 0 Å². The Hall–Kier alpha value is -3.88. The number of amides is 1. The standard InChI is InChI=1S/C31H26N2O4S2/c1-37-27-12-7-19(15-23(27)21-10-11-26-24(17-21)22-3-2-4-25(22)32-26)16-28-29(34)33(31(38)39-28)14-13-18-5-8-20(9-6-18)30(35)36/h5-12,15-17,32H,2-4,13-14H2,1H3,(H,35,36)/b28-16-. The van der Waals surface area contributed by atoms with Crippen molar-refractivity contribution in [2.45, 2.75) is 25.7 Å². The molecule has 1 aromatic heterocycles. The second kappa shape index (κ2) is 10.4. The Morgan fingerprint density at radius 1 is 1.13 bits per heavy atom. The van der Waals surface area contributed by atoms with Gasteiger partial charge in [-0.25, -0.2) is 4.79 Å². The first-order chi connectivity index (χ1) is 18.9. The van der Waals surface area contributed by atoms with Gasteiger partial charge < -0.3 is 14.8 Å². The van der Waals surface area contributed by atoms with E-state index in [0.29, 0.717) is 22.2 Å². The number of hydrogen-bond acceptors (Lipinski definition) is 5. The largest absolute Gasteiger partial charge is 0.496 e. The van der Waals surface area contributed by atoms with E-state index in [0.717, 1.165) is 40.8 Å². The zero-order chi connectivity index (χ0) is 27.1. The lowest BCUT2D eigenvalue weighted by molar-refractivity contribution is -0.122. The van der Waals surface area contributed by atoms with Crippen molar-refractivity contribution in [1.82, 2.24) is 9.88 Å². The number of thiocarbonyl (C=S) groups is 1. The fraction of sp³-hybridized carbons (Fsp3) is 0.194. The Labute approximate surface area is 235 Å². The molecule has 1 aliphatic carbocycles. The number of hydrogen-bond donors (Lipinski definition) is 2. The molecule has 1 saturated heterocycles. The number of carboxylic acids is 1. The topological polar surface area (TPSA) is 82.6 Å². The molecule has 0 radical (unpaired) electrons. The molecule has 8 heteroatoms. The van der Waals surface area contributed by atoms with Crippen molar-refractivity contribution in [2.75, 3.05) is 13.7 Å². The van der Waals surface area contributed by atoms with Gasteiger partial charge in [0.2, 0.25) is 0 Å². The molecule has 39 heavy (non-hydrogen) atoms. The lowest BCUT2D eigenvalue weighted by Gasteiger charge is -2.14. The van der Waals surface area contributed by atoms with E-state index in [-0.39, 0.29) is 11.5 Å². The maximum atomic E-state index is 13.2. The molecule has 6 rings (SSSR count). The van der Waals surface area contributed by atoms with Gasteiger partial charge in [0.1, 0.15) is 10.1 Å². The van der Waals surface area contributed by atoms with Crippen LogP contribution in [0.4, 0.5) is 0 Å². The molecule has 0 atom stereocenters. The van der Waals surface area contributed by atoms with Crippen LogP contribution in [-0.4, -0.2) is 44.8 Å². The highest BCUT2D eigenvalue weighted by atomic mass is 32.2. The number of thioether (sulfide) groups is 1. The minimum absolute atomic E-state index is 0.117. The number of nitrogens with zero attached hydrogens (tertiary/aromatic N) is 1. The number of H-pyrrole nitrogens is 1. The number of fused-ring (bicyclic) bond motifs is 3. The maximum absolute atomic E-state index is 13.2. The third-order valence-corrected chi connectivity index (χ3v) is 8.76. The Morgan fingerprint density at radius 3 is 2.72 bits per heavy atom. The monoisotopic (exact) mass is 554 g/mol. The molecular formula is C31H26N2O4S2. The summed E-state index contributed by atoms with van der Waals surface area (Å²) in [5.74, 6) is -0.298. The molecule has 0 saturated carbocycles. The fourth-order valence-corrected chi connectivity index (χ4v) is 6.66. The van der Waals surface area contributed by atoms with Crippen LogP contribution in [0.15, 0.2) is 65.6 Å². The average Bonchev–Trinajstić information content (AvgIpc) is 3.61. The van der Waals surface area contributed by atoms with E-state index in [2.05, 4.69) is 29.2 Å². The summed E-state index contributed by atoms with van der Waals surface area (Å²) >= 11 is 6.83. The molecule has 1 fully saturated rings. The summed E-state index contributed by atoms with van der Waals surface area (Å²) < 4.78 is 6.22. The molecule has 6 nitrogen and oxygen atoms in total. The number of carboxylic acid groups (broad SMARTS) is 1. The number of carbonyl (C=O) groups excluding carboxylic acids is 1. The quantitative estimate of drug-likeness (QED) is 0.201. The first-order valence-corrected chi connectivity index (χ1v) is 14.0. The zero-order valence-corrected chi connectivity index (χ0v) is 23.0. The van der Waals surface area contributed by atoms with Gasteiger partial charge in [0.15, 0.2) is 0 Å². The van der Waals surface area contributed by atoms with Crippen LogP contribution >= 0.6 is 24.0 Å². The minimum atomic E-state index is -0.959. The molecule has 2 N–H and O–H groups in total. The molecule has 196 valence electrons. The van der Waals surface area contributed by atoms with Crippen molar-refractivity contribution in [3.05, 3.63) is 93.5 Å². The highest BCUT2D eigenvalue weighted by Gasteiger charge is 2.31. The van der Waals surface area contributed by atoms with Crippen molar-refractivity contribution in [1.29, 1.82) is 0 Å². The Bertz CT molecular complexity index is 1670. The van der Waals surface area contributed by atoms with E-state index < -0.39 is 5.97 Å². The highest BCUT2D eigenvalue weighted by Crippen LogP contribution is 2.38. The molecule has 0 bridgehead atoms. The molecular weight excluding hydrogens is 528 g/mol. The molecule has 1 aliphatic heterocycles. The highest BCUT2D eigenvalue weighted by molar-refractivity contribution is 8.26. The van der Waals surface area contributed by atoms with Crippen LogP contribution in [0.2, 0.25) is 0 Å². The van der Waals surface area contributed by atoms with Crippen LogP contribution in [-0.2, 0) is 24.1 Å². The van der Waals surface area contributed by atoms with Crippen LogP contribution in [0.25, 0.3) is 28.1 Å². The van der Waals surface area contributed by atoms with Gasteiger partial charge in [-0.1, -0.05) is 48.2 Å². The van der Waals surface area contributed by atoms with Crippen molar-refractivity contribution in [2.24, 2.45) is 0 Å². The van der Waals surface area contributed by atoms with Gasteiger partial charge in [0.05, 0.1) is 17.6 Å². The molecule has 0 unspecified atom stereocenters. The van der Waals surface area contributed by atoms with Gasteiger partial charge in [-0.15, -0.1) is 0 Å². The fourth-order valence-electron chi connectivity index (χ4n) is 5.35. The zero-order valence-electron chi connectivity index (χ0n) is 21.3. The van der Waals surface area contributed by atoms with E-state index in [4.69, 9.17) is 22.1 Å². The van der Waals surface area contributed by atoms with Gasteiger partial charge in [-0.3, -0.25) is 9.69 Å². The smallest absolute Gasteiger partial charge is 0.335 e. The van der Waals surface area contributed by atoms with Gasteiger partial charge in [-0.2, -0.15) is 0 Å². The molecule has 1 amide bonds. The Kier molecular flexibility index (Phi) is 6.74. The average molecular weight is 555 g/mol. The first kappa shape index (κ1) is 25.4. The van der Waals surface area contributed by atoms with E-state index in [1.165, 1.54) is 40.3 Å². The normalized spacial score (nSPS) is 15.9. The second-order valence-corrected chi connectivity index (χ2v) is 11.4. The van der Waals surface area contributed by atoms with Crippen molar-refractivity contribution >= 4 is 57.2 Å². The summed E-state index contributed by atoms with van der Waals surface area (Å²) in [4.78, 5) is 30.1. The number of rotatable bonds is 7. The number of aryl methyl sites for hydroxylation is 2. The summed E-state index contributed by atoms with van der Waals surface area (Å²) in [6.07, 6.45) is 5.86. The molecule has 3 aromatic carbocycles. The van der Waals surface area contributed by atoms with Gasteiger partial charge >= 0.3 is 5.97 Å². The Balaban J connectivity index is 1.24. The minimum Gasteiger partial charge on any atom is -0.496 e. The first-order valence-electron chi connectivity index (χ1n) is 12.8. The summed E-state index contributed by atoms with van der Waals surface area (Å²) in [5, 5.41) is 10.4. The second-order valence-electron chi connectivity index (χ2n) is 9.74. The van der Waals surface area contributed by atoms with E-state index >= 15 is 0 Å². The molecule has 2 aliphatic rings. The number of aromatic carboxylic acids is 1. The lowest BCUT2D eigenvalue weighted by Crippen LogP contribution is -2.30. The number of methoxy groups -OCH3 is 1. The van der Waals surface area contributed by atoms with Crippen molar-refractivity contribution < 1.29 is 19.4 Å². The van der Waals surface area contributed by atoms with Gasteiger partial charge in [0.25, 0.3) is 5.91 Å². The van der Waals surface area contributed by atoms with Gasteiger partial charge in [0, 0.05) is 28.7 Å². The predicted octanol–water partition coefficient (Wildman–Crippen LogP) is 6.47. The molecule has 2 heterocycles. The van der Waals surface area contributed by atoms with Crippen LogP contribution in [0.1, 0.15) is 39.2 Å². The number of carbonyl (C=O) groups is 2. The Morgan fingerprint density at radius 2 is 1.95 bits per heavy atom. The summed E-state index contributed by atoms with van der Waals surface area (Å²) in [6.45, 7) is 0.434. The van der Waals surface area contributed by atoms with Crippen LogP contribution < -0.4 is 4.74 Å². The molecule has 0 spiro atoms. The predicted molar refractivity (Wildman–Crippen MR) is 159 cm³/mol. The summed E-state index contributed by atoms with van der Waals surface area (Å²) in [6, 6.07) is 19.1. The van der Waals surface area contributed by atoms with Crippen molar-refractivity contribution in [3.8, 4) is 16.9 Å². The number of nitrogens with one attached hydrogen (secondary N) is 1. The summed E-state index contributed by atoms with van der Waals surface area (Å²) in [5.41, 5.74) is 8.07. The summed E-state index contributed by atoms with van der Waals surface area (Å²) in [7, 11) is 1.67. The number of aromatic amines is 1. The number of benzene rings is 3. The lowest BCUT2D eigenvalue weighted by atomic mass is 9.99.